The molecule has 2 aromatic heterocycles. The summed E-state index contributed by atoms with van der Waals surface area (Å²) < 4.78 is 27.7. The van der Waals surface area contributed by atoms with E-state index in [2.05, 4.69) is 0 Å². The Bertz CT molecular complexity index is 1420. The van der Waals surface area contributed by atoms with Gasteiger partial charge in [0, 0.05) is 10.4 Å². The van der Waals surface area contributed by atoms with Crippen molar-refractivity contribution in [2.24, 2.45) is 5.73 Å². The fraction of sp³-hybridized carbons (Fsp3) is 0.417. The topological polar surface area (TPSA) is 129 Å². The summed E-state index contributed by atoms with van der Waals surface area (Å²) in [6, 6.07) is 4.74. The number of thiophene rings is 1. The number of carbonyl (C=O) groups is 1. The Morgan fingerprint density at radius 3 is 2.66 bits per heavy atom. The van der Waals surface area contributed by atoms with Crippen LogP contribution in [0.1, 0.15) is 48.4 Å². The van der Waals surface area contributed by atoms with Crippen LogP contribution in [0.4, 0.5) is 4.39 Å². The van der Waals surface area contributed by atoms with Crippen LogP contribution in [0.25, 0.3) is 10.2 Å². The zero-order valence-corrected chi connectivity index (χ0v) is 20.8. The number of benzene rings is 1. The van der Waals surface area contributed by atoms with Gasteiger partial charge in [0.05, 0.1) is 38.1 Å². The minimum atomic E-state index is -1.18. The number of carbonyl (C=O) groups excluding carboxylic acids is 1. The Labute approximate surface area is 205 Å². The van der Waals surface area contributed by atoms with Gasteiger partial charge in [-0.05, 0) is 44.0 Å². The Balaban J connectivity index is 2.31. The van der Waals surface area contributed by atoms with Gasteiger partial charge in [-0.2, -0.15) is 5.26 Å². The molecule has 0 unspecified atom stereocenters. The molecule has 11 heteroatoms. The van der Waals surface area contributed by atoms with E-state index in [9.17, 15) is 18.8 Å². The zero-order valence-electron chi connectivity index (χ0n) is 20.0. The third-order valence-electron chi connectivity index (χ3n) is 5.88. The summed E-state index contributed by atoms with van der Waals surface area (Å²) in [5, 5.41) is 9.28. The molecule has 0 saturated carbocycles. The monoisotopic (exact) mass is 502 g/mol. The third-order valence-corrected chi connectivity index (χ3v) is 7.34. The molecule has 0 fully saturated rings. The van der Waals surface area contributed by atoms with E-state index in [-0.39, 0.29) is 19.6 Å². The molecule has 2 N–H and O–H groups in total. The highest BCUT2D eigenvalue weighted by Crippen LogP contribution is 2.33. The molecular formula is C24H27FN4O5S. The van der Waals surface area contributed by atoms with Crippen molar-refractivity contribution >= 4 is 27.5 Å². The second-order valence-corrected chi connectivity index (χ2v) is 9.07. The van der Waals surface area contributed by atoms with Gasteiger partial charge in [-0.15, -0.1) is 11.3 Å². The van der Waals surface area contributed by atoms with Crippen LogP contribution in [0.3, 0.4) is 0 Å². The number of nitrogens with zero attached hydrogens (tertiary/aromatic N) is 3. The number of methoxy groups -OCH3 is 1. The van der Waals surface area contributed by atoms with Crippen LogP contribution in [0, 0.1) is 24.1 Å². The van der Waals surface area contributed by atoms with E-state index < -0.39 is 35.1 Å². The number of amides is 1. The molecule has 1 amide bonds. The van der Waals surface area contributed by atoms with Crippen molar-refractivity contribution in [2.75, 3.05) is 13.7 Å². The summed E-state index contributed by atoms with van der Waals surface area (Å²) in [7, 11) is 1.43. The van der Waals surface area contributed by atoms with E-state index in [1.807, 2.05) is 13.0 Å². The molecule has 186 valence electrons. The first-order valence-corrected chi connectivity index (χ1v) is 11.9. The highest BCUT2D eigenvalue weighted by molar-refractivity contribution is 7.18. The van der Waals surface area contributed by atoms with Crippen molar-refractivity contribution in [2.45, 2.75) is 52.3 Å². The molecule has 0 radical (unpaired) electrons. The van der Waals surface area contributed by atoms with Crippen LogP contribution < -0.4 is 21.7 Å². The molecule has 1 aromatic carbocycles. The van der Waals surface area contributed by atoms with E-state index in [1.165, 1.54) is 48.1 Å². The van der Waals surface area contributed by atoms with Crippen LogP contribution in [-0.4, -0.2) is 28.8 Å². The minimum Gasteiger partial charge on any atom is -0.496 e. The fourth-order valence-corrected chi connectivity index (χ4v) is 5.23. The molecule has 0 aliphatic rings. The van der Waals surface area contributed by atoms with Gasteiger partial charge >= 0.3 is 5.69 Å². The number of primary amides is 1. The molecule has 0 bridgehead atoms. The van der Waals surface area contributed by atoms with Crippen LogP contribution in [0.5, 0.6) is 5.75 Å². The lowest BCUT2D eigenvalue weighted by atomic mass is 10.1. The maximum absolute atomic E-state index is 14.2. The summed E-state index contributed by atoms with van der Waals surface area (Å²) in [4.78, 5) is 40.2. The van der Waals surface area contributed by atoms with Crippen molar-refractivity contribution in [3.05, 3.63) is 60.9 Å². The molecule has 0 spiro atoms. The van der Waals surface area contributed by atoms with Crippen molar-refractivity contribution in [1.82, 2.24) is 9.13 Å². The standard InChI is InChI=1S/C24H27FN4O5S/c1-5-19-13(2)20-22(31)29(14(3)21(27)30)24(32)28(23(20)35-19)12-18(34-10-6-9-26)16-11-15(25)7-8-17(16)33-4/h7-8,11,14,18H,5-6,10,12H2,1-4H3,(H2,27,30)/t14-,18+/m1/s1. The number of hydrogen-bond acceptors (Lipinski definition) is 7. The zero-order chi connectivity index (χ0) is 25.9. The van der Waals surface area contributed by atoms with Gasteiger partial charge in [-0.25, -0.2) is 13.8 Å². The Kier molecular flexibility index (Phi) is 8.09. The first-order chi connectivity index (χ1) is 16.7. The molecule has 35 heavy (non-hydrogen) atoms. The van der Waals surface area contributed by atoms with Crippen LogP contribution in [-0.2, 0) is 22.5 Å². The normalized spacial score (nSPS) is 12.9. The summed E-state index contributed by atoms with van der Waals surface area (Å²) in [6.45, 7) is 5.04. The Morgan fingerprint density at radius 2 is 2.06 bits per heavy atom. The van der Waals surface area contributed by atoms with Gasteiger partial charge in [-0.3, -0.25) is 14.2 Å². The lowest BCUT2D eigenvalue weighted by Gasteiger charge is -2.23. The first kappa shape index (κ1) is 26.1. The Hall–Kier alpha value is -3.49. The number of nitriles is 1. The quantitative estimate of drug-likeness (QED) is 0.424. The number of aromatic nitrogens is 2. The van der Waals surface area contributed by atoms with Gasteiger partial charge in [0.15, 0.2) is 0 Å². The van der Waals surface area contributed by atoms with Gasteiger partial charge < -0.3 is 15.2 Å². The summed E-state index contributed by atoms with van der Waals surface area (Å²) in [5.41, 5.74) is 5.18. The van der Waals surface area contributed by atoms with Crippen LogP contribution in [0.15, 0.2) is 27.8 Å². The highest BCUT2D eigenvalue weighted by atomic mass is 32.1. The molecule has 3 aromatic rings. The van der Waals surface area contributed by atoms with Gasteiger partial charge in [0.1, 0.15) is 28.5 Å². The summed E-state index contributed by atoms with van der Waals surface area (Å²) in [6.07, 6.45) is -0.170. The number of hydrogen-bond donors (Lipinski definition) is 1. The molecular weight excluding hydrogens is 475 g/mol. The van der Waals surface area contributed by atoms with E-state index in [1.54, 1.807) is 6.92 Å². The second-order valence-electron chi connectivity index (χ2n) is 7.98. The predicted octanol–water partition coefficient (Wildman–Crippen LogP) is 2.96. The largest absolute Gasteiger partial charge is 0.496 e. The number of rotatable bonds is 10. The number of aryl methyl sites for hydroxylation is 2. The molecule has 3 rings (SSSR count). The number of halogens is 1. The van der Waals surface area contributed by atoms with Gasteiger partial charge in [0.2, 0.25) is 5.91 Å². The van der Waals surface area contributed by atoms with Crippen molar-refractivity contribution < 1.29 is 18.7 Å². The van der Waals surface area contributed by atoms with Gasteiger partial charge in [0.25, 0.3) is 5.56 Å². The lowest BCUT2D eigenvalue weighted by molar-refractivity contribution is -0.120. The van der Waals surface area contributed by atoms with E-state index >= 15 is 0 Å². The molecule has 0 aliphatic carbocycles. The van der Waals surface area contributed by atoms with E-state index in [4.69, 9.17) is 20.5 Å². The van der Waals surface area contributed by atoms with Crippen LogP contribution in [0.2, 0.25) is 0 Å². The molecule has 2 heterocycles. The summed E-state index contributed by atoms with van der Waals surface area (Å²) >= 11 is 1.31. The molecule has 0 saturated heterocycles. The fourth-order valence-electron chi connectivity index (χ4n) is 3.99. The predicted molar refractivity (Wildman–Crippen MR) is 130 cm³/mol. The van der Waals surface area contributed by atoms with Crippen molar-refractivity contribution in [3.63, 3.8) is 0 Å². The Morgan fingerprint density at radius 1 is 1.34 bits per heavy atom. The van der Waals surface area contributed by atoms with Gasteiger partial charge in [-0.1, -0.05) is 6.92 Å². The maximum atomic E-state index is 14.2. The maximum Gasteiger partial charge on any atom is 0.332 e. The molecule has 2 atom stereocenters. The third kappa shape index (κ3) is 4.99. The number of fused-ring (bicyclic) bond motifs is 1. The lowest BCUT2D eigenvalue weighted by Crippen LogP contribution is -2.45. The number of ether oxygens (including phenoxy) is 2. The first-order valence-electron chi connectivity index (χ1n) is 11.0. The summed E-state index contributed by atoms with van der Waals surface area (Å²) in [5.74, 6) is -1.01. The second kappa shape index (κ2) is 10.8. The van der Waals surface area contributed by atoms with Crippen molar-refractivity contribution in [3.8, 4) is 11.8 Å². The van der Waals surface area contributed by atoms with E-state index in [0.717, 1.165) is 15.0 Å². The average Bonchev–Trinajstić information content (AvgIpc) is 3.16. The SMILES string of the molecule is CCc1sc2c(c1C)c(=O)n([C@H](C)C(N)=O)c(=O)n2C[C@H](OCCC#N)c1cc(F)ccc1OC. The minimum absolute atomic E-state index is 0.0275. The van der Waals surface area contributed by atoms with E-state index in [0.29, 0.717) is 28.0 Å². The van der Waals surface area contributed by atoms with Crippen molar-refractivity contribution in [1.29, 1.82) is 5.26 Å². The average molecular weight is 503 g/mol. The van der Waals surface area contributed by atoms with Crippen LogP contribution >= 0.6 is 11.3 Å². The number of nitrogens with two attached hydrogens (primary N) is 1. The molecule has 9 nitrogen and oxygen atoms in total. The highest BCUT2D eigenvalue weighted by Gasteiger charge is 2.27. The molecule has 0 aliphatic heterocycles. The smallest absolute Gasteiger partial charge is 0.332 e.